The molecule has 2 rings (SSSR count). The Hall–Kier alpha value is -0.630. The summed E-state index contributed by atoms with van der Waals surface area (Å²) < 4.78 is 27.9. The third kappa shape index (κ3) is 3.72. The van der Waals surface area contributed by atoms with E-state index < -0.39 is 9.05 Å². The van der Waals surface area contributed by atoms with Crippen LogP contribution in [0, 0.1) is 12.8 Å². The maximum absolute atomic E-state index is 12.1. The molecule has 5 nitrogen and oxygen atoms in total. The van der Waals surface area contributed by atoms with Gasteiger partial charge in [-0.1, -0.05) is 0 Å². The Bertz CT molecular complexity index is 591. The maximum Gasteiger partial charge on any atom is 0.271 e. The van der Waals surface area contributed by atoms with Crippen LogP contribution in [0.25, 0.3) is 0 Å². The number of halogens is 1. The number of hydrogen-bond donors (Lipinski definition) is 1. The second kappa shape index (κ2) is 6.43. The Morgan fingerprint density at radius 3 is 2.70 bits per heavy atom. The van der Waals surface area contributed by atoms with Crippen LogP contribution >= 0.6 is 22.0 Å². The highest BCUT2D eigenvalue weighted by atomic mass is 35.7. The predicted molar refractivity (Wildman–Crippen MR) is 78.0 cm³/mol. The fourth-order valence-electron chi connectivity index (χ4n) is 2.15. The van der Waals surface area contributed by atoms with Gasteiger partial charge >= 0.3 is 0 Å². The smallest absolute Gasteiger partial charge is 0.271 e. The van der Waals surface area contributed by atoms with Gasteiger partial charge in [-0.05, 0) is 31.2 Å². The van der Waals surface area contributed by atoms with Crippen molar-refractivity contribution in [3.8, 4) is 0 Å². The standard InChI is InChI=1S/C12H16ClNO4S2/c1-8-10(7-19-12(8)20(13,16)17)11(15)14-6-9-2-4-18-5-3-9/h7,9H,2-6H2,1H3,(H,14,15). The molecule has 1 aliphatic rings. The van der Waals surface area contributed by atoms with Crippen molar-refractivity contribution in [2.75, 3.05) is 19.8 Å². The molecule has 1 fully saturated rings. The fraction of sp³-hybridized carbons (Fsp3) is 0.583. The molecule has 0 atom stereocenters. The highest BCUT2D eigenvalue weighted by Crippen LogP contribution is 2.29. The van der Waals surface area contributed by atoms with Crippen molar-refractivity contribution in [2.45, 2.75) is 24.0 Å². The zero-order chi connectivity index (χ0) is 14.8. The minimum atomic E-state index is -3.79. The van der Waals surface area contributed by atoms with Crippen LogP contribution in [0.15, 0.2) is 9.59 Å². The number of rotatable bonds is 4. The number of amides is 1. The van der Waals surface area contributed by atoms with E-state index in [1.54, 1.807) is 6.92 Å². The van der Waals surface area contributed by atoms with Crippen molar-refractivity contribution in [3.05, 3.63) is 16.5 Å². The van der Waals surface area contributed by atoms with Crippen LogP contribution in [0.3, 0.4) is 0 Å². The topological polar surface area (TPSA) is 72.5 Å². The molecule has 8 heteroatoms. The summed E-state index contributed by atoms with van der Waals surface area (Å²) in [4.78, 5) is 12.1. The van der Waals surface area contributed by atoms with E-state index in [2.05, 4.69) is 5.32 Å². The third-order valence-corrected chi connectivity index (χ3v) is 6.66. The van der Waals surface area contributed by atoms with Crippen molar-refractivity contribution in [3.63, 3.8) is 0 Å². The molecule has 0 aromatic carbocycles. The summed E-state index contributed by atoms with van der Waals surface area (Å²) in [6.07, 6.45) is 1.87. The number of thiophene rings is 1. The van der Waals surface area contributed by atoms with E-state index in [1.165, 1.54) is 5.38 Å². The monoisotopic (exact) mass is 337 g/mol. The first-order chi connectivity index (χ1) is 9.39. The number of carbonyl (C=O) groups is 1. The highest BCUT2D eigenvalue weighted by molar-refractivity contribution is 8.15. The van der Waals surface area contributed by atoms with Crippen LogP contribution in [0.5, 0.6) is 0 Å². The van der Waals surface area contributed by atoms with E-state index in [4.69, 9.17) is 15.4 Å². The van der Waals surface area contributed by atoms with Crippen molar-refractivity contribution in [2.24, 2.45) is 5.92 Å². The molecule has 1 N–H and O–H groups in total. The third-order valence-electron chi connectivity index (χ3n) is 3.35. The molecular formula is C12H16ClNO4S2. The molecule has 0 aliphatic carbocycles. The van der Waals surface area contributed by atoms with Crippen LogP contribution in [-0.2, 0) is 13.8 Å². The summed E-state index contributed by atoms with van der Waals surface area (Å²) >= 11 is 0.972. The molecule has 20 heavy (non-hydrogen) atoms. The van der Waals surface area contributed by atoms with Gasteiger partial charge in [0.25, 0.3) is 15.0 Å². The lowest BCUT2D eigenvalue weighted by atomic mass is 10.0. The molecule has 112 valence electrons. The van der Waals surface area contributed by atoms with Gasteiger partial charge < -0.3 is 10.1 Å². The largest absolute Gasteiger partial charge is 0.381 e. The van der Waals surface area contributed by atoms with Crippen LogP contribution in [0.1, 0.15) is 28.8 Å². The first-order valence-electron chi connectivity index (χ1n) is 6.28. The summed E-state index contributed by atoms with van der Waals surface area (Å²) in [5, 5.41) is 4.38. The number of carbonyl (C=O) groups excluding carboxylic acids is 1. The Morgan fingerprint density at radius 2 is 2.15 bits per heavy atom. The van der Waals surface area contributed by atoms with Crippen molar-refractivity contribution < 1.29 is 17.9 Å². The van der Waals surface area contributed by atoms with Crippen LogP contribution in [0.2, 0.25) is 0 Å². The number of ether oxygens (including phenoxy) is 1. The van der Waals surface area contributed by atoms with Gasteiger partial charge in [-0.25, -0.2) is 8.42 Å². The Balaban J connectivity index is 2.01. The van der Waals surface area contributed by atoms with E-state index in [0.717, 1.165) is 37.4 Å². The van der Waals surface area contributed by atoms with Gasteiger partial charge in [0, 0.05) is 35.8 Å². The summed E-state index contributed by atoms with van der Waals surface area (Å²) in [5.74, 6) is 0.166. The molecular weight excluding hydrogens is 322 g/mol. The molecule has 0 saturated carbocycles. The summed E-state index contributed by atoms with van der Waals surface area (Å²) in [6.45, 7) is 3.63. The lowest BCUT2D eigenvalue weighted by Gasteiger charge is -2.22. The lowest BCUT2D eigenvalue weighted by molar-refractivity contribution is 0.0642. The van der Waals surface area contributed by atoms with Gasteiger partial charge in [0.1, 0.15) is 4.21 Å². The van der Waals surface area contributed by atoms with Crippen molar-refractivity contribution in [1.29, 1.82) is 0 Å². The van der Waals surface area contributed by atoms with E-state index in [9.17, 15) is 13.2 Å². The minimum absolute atomic E-state index is 0.0374. The second-order valence-corrected chi connectivity index (χ2v) is 8.41. The molecule has 1 aliphatic heterocycles. The molecule has 2 heterocycles. The van der Waals surface area contributed by atoms with E-state index in [1.807, 2.05) is 0 Å². The average molecular weight is 338 g/mol. The molecule has 1 aromatic heterocycles. The van der Waals surface area contributed by atoms with E-state index in [-0.39, 0.29) is 10.1 Å². The van der Waals surface area contributed by atoms with Crippen molar-refractivity contribution in [1.82, 2.24) is 5.32 Å². The summed E-state index contributed by atoms with van der Waals surface area (Å²) in [5.41, 5.74) is 0.788. The van der Waals surface area contributed by atoms with Gasteiger partial charge in [0.15, 0.2) is 0 Å². The first kappa shape index (κ1) is 15.8. The van der Waals surface area contributed by atoms with Gasteiger partial charge in [0.05, 0.1) is 5.56 Å². The fourth-order valence-corrected chi connectivity index (χ4v) is 4.70. The van der Waals surface area contributed by atoms with E-state index in [0.29, 0.717) is 23.6 Å². The van der Waals surface area contributed by atoms with Crippen LogP contribution < -0.4 is 5.32 Å². The Labute approximate surface area is 126 Å². The van der Waals surface area contributed by atoms with Gasteiger partial charge in [0.2, 0.25) is 0 Å². The number of hydrogen-bond acceptors (Lipinski definition) is 5. The summed E-state index contributed by atoms with van der Waals surface area (Å²) in [6, 6.07) is 0. The van der Waals surface area contributed by atoms with Crippen LogP contribution in [-0.4, -0.2) is 34.1 Å². The minimum Gasteiger partial charge on any atom is -0.381 e. The molecule has 1 amide bonds. The average Bonchev–Trinajstić information content (AvgIpc) is 2.79. The van der Waals surface area contributed by atoms with Gasteiger partial charge in [-0.2, -0.15) is 0 Å². The molecule has 1 aromatic rings. The zero-order valence-electron chi connectivity index (χ0n) is 11.0. The molecule has 0 spiro atoms. The second-order valence-electron chi connectivity index (χ2n) is 4.77. The molecule has 0 unspecified atom stereocenters. The van der Waals surface area contributed by atoms with Gasteiger partial charge in [-0.3, -0.25) is 4.79 Å². The van der Waals surface area contributed by atoms with Gasteiger partial charge in [-0.15, -0.1) is 11.3 Å². The quantitative estimate of drug-likeness (QED) is 0.854. The SMILES string of the molecule is Cc1c(C(=O)NCC2CCOCC2)csc1S(=O)(=O)Cl. The molecule has 0 radical (unpaired) electrons. The Kier molecular flexibility index (Phi) is 5.06. The molecule has 1 saturated heterocycles. The maximum atomic E-state index is 12.1. The normalized spacial score (nSPS) is 17.1. The Morgan fingerprint density at radius 1 is 1.50 bits per heavy atom. The number of nitrogens with one attached hydrogen (secondary N) is 1. The highest BCUT2D eigenvalue weighted by Gasteiger charge is 2.22. The predicted octanol–water partition coefficient (Wildman–Crippen LogP) is 2.14. The lowest BCUT2D eigenvalue weighted by Crippen LogP contribution is -2.32. The first-order valence-corrected chi connectivity index (χ1v) is 9.47. The zero-order valence-corrected chi connectivity index (χ0v) is 13.4. The van der Waals surface area contributed by atoms with Crippen LogP contribution in [0.4, 0.5) is 0 Å². The summed E-state index contributed by atoms with van der Waals surface area (Å²) in [7, 11) is 1.53. The van der Waals surface area contributed by atoms with E-state index >= 15 is 0 Å². The molecule has 0 bridgehead atoms. The van der Waals surface area contributed by atoms with Crippen molar-refractivity contribution >= 4 is 37.0 Å².